The van der Waals surface area contributed by atoms with Crippen LogP contribution in [0.3, 0.4) is 0 Å². The number of rotatable bonds is 1. The average molecular weight is 244 g/mol. The van der Waals surface area contributed by atoms with Crippen LogP contribution in [0.4, 0.5) is 4.39 Å². The predicted octanol–water partition coefficient (Wildman–Crippen LogP) is 2.23. The van der Waals surface area contributed by atoms with Crippen molar-refractivity contribution >= 4 is 17.5 Å². The molecule has 0 bridgehead atoms. The molecule has 1 aliphatic heterocycles. The van der Waals surface area contributed by atoms with E-state index in [0.29, 0.717) is 18.5 Å². The number of hydrogen-bond donors (Lipinski definition) is 1. The van der Waals surface area contributed by atoms with Crippen LogP contribution in [0.5, 0.6) is 5.75 Å². The van der Waals surface area contributed by atoms with Crippen LogP contribution in [0.2, 0.25) is 5.02 Å². The van der Waals surface area contributed by atoms with Crippen LogP contribution in [0, 0.1) is 0 Å². The molecule has 0 aliphatic carbocycles. The number of nitrogens with zero attached hydrogens (tertiary/aromatic N) is 1. The van der Waals surface area contributed by atoms with E-state index in [9.17, 15) is 14.3 Å². The molecule has 1 atom stereocenters. The van der Waals surface area contributed by atoms with Gasteiger partial charge in [0, 0.05) is 12.1 Å². The third-order valence-electron chi connectivity index (χ3n) is 2.61. The summed E-state index contributed by atoms with van der Waals surface area (Å²) in [4.78, 5) is 13.3. The molecule has 0 saturated carbocycles. The largest absolute Gasteiger partial charge is 0.506 e. The second-order valence-electron chi connectivity index (χ2n) is 3.80. The van der Waals surface area contributed by atoms with Crippen molar-refractivity contribution in [2.75, 3.05) is 13.1 Å². The molecule has 1 heterocycles. The Bertz CT molecular complexity index is 424. The molecule has 3 nitrogen and oxygen atoms in total. The number of carbonyl (C=O) groups excluding carboxylic acids is 1. The molecule has 0 spiro atoms. The van der Waals surface area contributed by atoms with Crippen molar-refractivity contribution in [3.05, 3.63) is 28.8 Å². The highest BCUT2D eigenvalue weighted by Crippen LogP contribution is 2.25. The van der Waals surface area contributed by atoms with Gasteiger partial charge in [-0.25, -0.2) is 4.39 Å². The Kier molecular flexibility index (Phi) is 3.01. The number of halogens is 2. The summed E-state index contributed by atoms with van der Waals surface area (Å²) in [5.74, 6) is -0.407. The topological polar surface area (TPSA) is 40.5 Å². The molecule has 0 unspecified atom stereocenters. The van der Waals surface area contributed by atoms with E-state index in [4.69, 9.17) is 11.6 Å². The van der Waals surface area contributed by atoms with E-state index < -0.39 is 6.17 Å². The summed E-state index contributed by atoms with van der Waals surface area (Å²) in [6.45, 7) is 0.547. The van der Waals surface area contributed by atoms with Crippen LogP contribution in [0.1, 0.15) is 16.8 Å². The summed E-state index contributed by atoms with van der Waals surface area (Å²) in [5, 5.41) is 9.56. The van der Waals surface area contributed by atoms with E-state index >= 15 is 0 Å². The lowest BCUT2D eigenvalue weighted by Gasteiger charge is -2.15. The van der Waals surface area contributed by atoms with Crippen molar-refractivity contribution in [1.82, 2.24) is 4.90 Å². The maximum Gasteiger partial charge on any atom is 0.254 e. The Labute approximate surface area is 97.4 Å². The maximum atomic E-state index is 12.9. The molecule has 1 saturated heterocycles. The minimum absolute atomic E-state index is 0.127. The lowest BCUT2D eigenvalue weighted by atomic mass is 10.2. The van der Waals surface area contributed by atoms with Gasteiger partial charge in [0.2, 0.25) is 0 Å². The first kappa shape index (κ1) is 11.2. The first-order valence-electron chi connectivity index (χ1n) is 5.00. The quantitative estimate of drug-likeness (QED) is 0.822. The second kappa shape index (κ2) is 4.29. The molecule has 16 heavy (non-hydrogen) atoms. The molecule has 1 aromatic carbocycles. The van der Waals surface area contributed by atoms with Crippen LogP contribution in [0.25, 0.3) is 0 Å². The highest BCUT2D eigenvalue weighted by atomic mass is 35.5. The van der Waals surface area contributed by atoms with E-state index in [-0.39, 0.29) is 23.2 Å². The summed E-state index contributed by atoms with van der Waals surface area (Å²) in [7, 11) is 0. The number of aromatic hydroxyl groups is 1. The average Bonchev–Trinajstić information content (AvgIpc) is 2.68. The van der Waals surface area contributed by atoms with Crippen LogP contribution < -0.4 is 0 Å². The minimum atomic E-state index is -0.940. The van der Waals surface area contributed by atoms with Gasteiger partial charge in [-0.3, -0.25) is 4.79 Å². The van der Waals surface area contributed by atoms with Crippen molar-refractivity contribution in [3.63, 3.8) is 0 Å². The van der Waals surface area contributed by atoms with Gasteiger partial charge in [0.25, 0.3) is 5.91 Å². The molecule has 1 aliphatic rings. The fourth-order valence-corrected chi connectivity index (χ4v) is 1.85. The number of phenols is 1. The van der Waals surface area contributed by atoms with Gasteiger partial charge in [-0.05, 0) is 24.6 Å². The molecular weight excluding hydrogens is 233 g/mol. The van der Waals surface area contributed by atoms with E-state index in [1.807, 2.05) is 0 Å². The minimum Gasteiger partial charge on any atom is -0.506 e. The number of hydrogen-bond acceptors (Lipinski definition) is 2. The Morgan fingerprint density at radius 2 is 2.31 bits per heavy atom. The zero-order valence-corrected chi connectivity index (χ0v) is 9.25. The Morgan fingerprint density at radius 3 is 2.88 bits per heavy atom. The van der Waals surface area contributed by atoms with Gasteiger partial charge in [-0.1, -0.05) is 11.6 Å². The summed E-state index contributed by atoms with van der Waals surface area (Å²) in [6, 6.07) is 4.28. The number of likely N-dealkylation sites (tertiary alicyclic amines) is 1. The molecule has 1 fully saturated rings. The molecule has 5 heteroatoms. The van der Waals surface area contributed by atoms with E-state index in [0.717, 1.165) is 0 Å². The van der Waals surface area contributed by atoms with E-state index in [1.54, 1.807) is 0 Å². The third kappa shape index (κ3) is 2.11. The smallest absolute Gasteiger partial charge is 0.254 e. The highest BCUT2D eigenvalue weighted by molar-refractivity contribution is 6.32. The van der Waals surface area contributed by atoms with E-state index in [1.165, 1.54) is 23.1 Å². The Hall–Kier alpha value is -1.29. The molecule has 86 valence electrons. The third-order valence-corrected chi connectivity index (χ3v) is 2.93. The molecule has 1 amide bonds. The monoisotopic (exact) mass is 243 g/mol. The van der Waals surface area contributed by atoms with Crippen molar-refractivity contribution < 1.29 is 14.3 Å². The van der Waals surface area contributed by atoms with Gasteiger partial charge in [0.05, 0.1) is 11.6 Å². The van der Waals surface area contributed by atoms with Crippen molar-refractivity contribution in [1.29, 1.82) is 0 Å². The number of alkyl halides is 1. The van der Waals surface area contributed by atoms with Gasteiger partial charge in [0.15, 0.2) is 0 Å². The Morgan fingerprint density at radius 1 is 1.56 bits per heavy atom. The van der Waals surface area contributed by atoms with Crippen molar-refractivity contribution in [3.8, 4) is 5.75 Å². The molecule has 1 aromatic rings. The fraction of sp³-hybridized carbons (Fsp3) is 0.364. The van der Waals surface area contributed by atoms with Gasteiger partial charge in [-0.2, -0.15) is 0 Å². The van der Waals surface area contributed by atoms with Crippen LogP contribution >= 0.6 is 11.6 Å². The molecule has 0 radical (unpaired) electrons. The Balaban J connectivity index is 2.18. The zero-order valence-electron chi connectivity index (χ0n) is 8.49. The number of phenolic OH excluding ortho intramolecular Hbond substituents is 1. The van der Waals surface area contributed by atoms with Crippen molar-refractivity contribution in [2.24, 2.45) is 0 Å². The second-order valence-corrected chi connectivity index (χ2v) is 4.21. The number of carbonyl (C=O) groups is 1. The van der Waals surface area contributed by atoms with Gasteiger partial charge in [0.1, 0.15) is 11.9 Å². The van der Waals surface area contributed by atoms with Gasteiger partial charge in [-0.15, -0.1) is 0 Å². The molecule has 1 N–H and O–H groups in total. The SMILES string of the molecule is O=C(c1ccc(Cl)c(O)c1)N1CC[C@@H](F)C1. The highest BCUT2D eigenvalue weighted by Gasteiger charge is 2.26. The van der Waals surface area contributed by atoms with Crippen LogP contribution in [-0.4, -0.2) is 35.2 Å². The molecule has 0 aromatic heterocycles. The zero-order chi connectivity index (χ0) is 11.7. The van der Waals surface area contributed by atoms with Crippen LogP contribution in [-0.2, 0) is 0 Å². The number of amides is 1. The normalized spacial score (nSPS) is 20.1. The molecular formula is C11H11ClFNO2. The van der Waals surface area contributed by atoms with E-state index in [2.05, 4.69) is 0 Å². The fourth-order valence-electron chi connectivity index (χ4n) is 1.73. The lowest BCUT2D eigenvalue weighted by molar-refractivity contribution is 0.0782. The van der Waals surface area contributed by atoms with Crippen molar-refractivity contribution in [2.45, 2.75) is 12.6 Å². The summed E-state index contributed by atoms with van der Waals surface area (Å²) < 4.78 is 12.9. The molecule has 2 rings (SSSR count). The summed E-state index contributed by atoms with van der Waals surface area (Å²) in [6.07, 6.45) is -0.560. The first-order valence-corrected chi connectivity index (χ1v) is 5.37. The lowest BCUT2D eigenvalue weighted by Crippen LogP contribution is -2.28. The predicted molar refractivity (Wildman–Crippen MR) is 58.5 cm³/mol. The van der Waals surface area contributed by atoms with Crippen LogP contribution in [0.15, 0.2) is 18.2 Å². The van der Waals surface area contributed by atoms with Gasteiger partial charge >= 0.3 is 0 Å². The number of benzene rings is 1. The summed E-state index contributed by atoms with van der Waals surface area (Å²) >= 11 is 5.63. The summed E-state index contributed by atoms with van der Waals surface area (Å²) in [5.41, 5.74) is 0.330. The van der Waals surface area contributed by atoms with Gasteiger partial charge < -0.3 is 10.0 Å². The standard InChI is InChI=1S/C11H11ClFNO2/c12-9-2-1-7(5-10(9)15)11(16)14-4-3-8(13)6-14/h1-2,5,8,15H,3-4,6H2/t8-/m1/s1. The first-order chi connectivity index (χ1) is 7.58. The maximum absolute atomic E-state index is 12.9.